The van der Waals surface area contributed by atoms with E-state index in [4.69, 9.17) is 16.7 Å². The summed E-state index contributed by atoms with van der Waals surface area (Å²) in [7, 11) is 0. The molecule has 0 aromatic heterocycles. The Bertz CT molecular complexity index is 526. The topological polar surface area (TPSA) is 69.6 Å². The van der Waals surface area contributed by atoms with E-state index in [-0.39, 0.29) is 16.6 Å². The number of nitrogens with one attached hydrogen (secondary N) is 1. The van der Waals surface area contributed by atoms with E-state index < -0.39 is 5.97 Å². The Morgan fingerprint density at radius 3 is 2.29 bits per heavy atom. The number of halogens is 1. The Labute approximate surface area is 128 Å². The molecular weight excluding hydrogens is 292 g/mol. The number of carboxylic acids is 1. The van der Waals surface area contributed by atoms with Crippen molar-refractivity contribution < 1.29 is 14.7 Å². The smallest absolute Gasteiger partial charge is 0.337 e. The van der Waals surface area contributed by atoms with Crippen molar-refractivity contribution in [2.24, 2.45) is 0 Å². The van der Waals surface area contributed by atoms with E-state index in [1.54, 1.807) is 11.0 Å². The number of urea groups is 1. The van der Waals surface area contributed by atoms with Crippen molar-refractivity contribution in [3.63, 3.8) is 0 Å². The summed E-state index contributed by atoms with van der Waals surface area (Å²) in [5.41, 5.74) is 0.540. The summed E-state index contributed by atoms with van der Waals surface area (Å²) in [5, 5.41) is 11.8. The monoisotopic (exact) mass is 310 g/mol. The Kier molecular flexibility index (Phi) is 5.44. The number of hydrogen-bond acceptors (Lipinski definition) is 2. The van der Waals surface area contributed by atoms with Crippen molar-refractivity contribution in [2.45, 2.75) is 32.1 Å². The molecule has 0 unspecified atom stereocenters. The fourth-order valence-corrected chi connectivity index (χ4v) is 2.68. The number of likely N-dealkylation sites (tertiary alicyclic amines) is 1. The van der Waals surface area contributed by atoms with Crippen LogP contribution in [0.3, 0.4) is 0 Å². The molecule has 114 valence electrons. The Morgan fingerprint density at radius 1 is 1.10 bits per heavy atom. The molecule has 1 aliphatic rings. The van der Waals surface area contributed by atoms with Gasteiger partial charge in [-0.3, -0.25) is 0 Å². The maximum atomic E-state index is 12.2. The molecule has 21 heavy (non-hydrogen) atoms. The second kappa shape index (κ2) is 7.31. The minimum atomic E-state index is -1.08. The predicted molar refractivity (Wildman–Crippen MR) is 82.1 cm³/mol. The molecule has 0 radical (unpaired) electrons. The van der Waals surface area contributed by atoms with E-state index in [1.165, 1.54) is 18.6 Å². The molecule has 0 saturated carbocycles. The van der Waals surface area contributed by atoms with Gasteiger partial charge in [-0.05, 0) is 31.0 Å². The summed E-state index contributed by atoms with van der Waals surface area (Å²) in [6.45, 7) is 1.51. The van der Waals surface area contributed by atoms with Gasteiger partial charge in [0.2, 0.25) is 0 Å². The molecule has 6 heteroatoms. The van der Waals surface area contributed by atoms with Gasteiger partial charge in [-0.1, -0.05) is 30.9 Å². The number of carbonyl (C=O) groups is 2. The summed E-state index contributed by atoms with van der Waals surface area (Å²) in [6, 6.07) is 4.26. The molecular formula is C15H19ClN2O3. The van der Waals surface area contributed by atoms with Crippen LogP contribution in [-0.4, -0.2) is 35.1 Å². The zero-order chi connectivity index (χ0) is 15.2. The number of anilines is 1. The number of rotatable bonds is 2. The quantitative estimate of drug-likeness (QED) is 0.872. The maximum absolute atomic E-state index is 12.2. The van der Waals surface area contributed by atoms with Crippen LogP contribution in [0, 0.1) is 0 Å². The van der Waals surface area contributed by atoms with Gasteiger partial charge >= 0.3 is 12.0 Å². The number of nitrogens with zero attached hydrogens (tertiary/aromatic N) is 1. The van der Waals surface area contributed by atoms with Gasteiger partial charge in [-0.25, -0.2) is 9.59 Å². The van der Waals surface area contributed by atoms with Crippen LogP contribution in [0.25, 0.3) is 0 Å². The van der Waals surface area contributed by atoms with Crippen LogP contribution < -0.4 is 5.32 Å². The highest BCUT2D eigenvalue weighted by molar-refractivity contribution is 6.33. The first-order valence-electron chi connectivity index (χ1n) is 7.16. The average Bonchev–Trinajstić information content (AvgIpc) is 2.37. The molecule has 1 fully saturated rings. The molecule has 0 atom stereocenters. The van der Waals surface area contributed by atoms with E-state index >= 15 is 0 Å². The molecule has 0 aliphatic carbocycles. The first-order valence-corrected chi connectivity index (χ1v) is 7.54. The lowest BCUT2D eigenvalue weighted by Gasteiger charge is -2.25. The zero-order valence-electron chi connectivity index (χ0n) is 11.8. The lowest BCUT2D eigenvalue weighted by atomic mass is 10.1. The molecule has 2 N–H and O–H groups in total. The number of amides is 2. The molecule has 5 nitrogen and oxygen atoms in total. The SMILES string of the molecule is O=C(O)c1ccc(NC(=O)N2CCCCCCC2)cc1Cl. The summed E-state index contributed by atoms with van der Waals surface area (Å²) < 4.78 is 0. The number of carboxylic acid groups (broad SMARTS) is 1. The van der Waals surface area contributed by atoms with Gasteiger partial charge in [0.15, 0.2) is 0 Å². The summed E-state index contributed by atoms with van der Waals surface area (Å²) >= 11 is 5.90. The van der Waals surface area contributed by atoms with Crippen molar-refractivity contribution >= 4 is 29.3 Å². The maximum Gasteiger partial charge on any atom is 0.337 e. The van der Waals surface area contributed by atoms with Gasteiger partial charge in [0.25, 0.3) is 0 Å². The third-order valence-corrected chi connectivity index (χ3v) is 3.91. The van der Waals surface area contributed by atoms with Gasteiger partial charge in [0.05, 0.1) is 10.6 Å². The molecule has 1 heterocycles. The first kappa shape index (κ1) is 15.6. The Hall–Kier alpha value is -1.75. The minimum Gasteiger partial charge on any atom is -0.478 e. The molecule has 2 rings (SSSR count). The number of benzene rings is 1. The Balaban J connectivity index is 2.01. The van der Waals surface area contributed by atoms with Crippen LogP contribution in [0.5, 0.6) is 0 Å². The van der Waals surface area contributed by atoms with E-state index in [0.29, 0.717) is 5.69 Å². The minimum absolute atomic E-state index is 0.0286. The van der Waals surface area contributed by atoms with Gasteiger partial charge in [-0.2, -0.15) is 0 Å². The highest BCUT2D eigenvalue weighted by Gasteiger charge is 2.16. The molecule has 1 aliphatic heterocycles. The van der Waals surface area contributed by atoms with Crippen LogP contribution in [0.15, 0.2) is 18.2 Å². The van der Waals surface area contributed by atoms with Crippen molar-refractivity contribution in [1.29, 1.82) is 0 Å². The molecule has 2 amide bonds. The van der Waals surface area contributed by atoms with Gasteiger partial charge in [-0.15, -0.1) is 0 Å². The lowest BCUT2D eigenvalue weighted by Crippen LogP contribution is -2.37. The summed E-state index contributed by atoms with van der Waals surface area (Å²) in [5.74, 6) is -1.08. The van der Waals surface area contributed by atoms with Gasteiger partial charge in [0.1, 0.15) is 0 Å². The van der Waals surface area contributed by atoms with E-state index in [2.05, 4.69) is 5.32 Å². The second-order valence-electron chi connectivity index (χ2n) is 5.18. The van der Waals surface area contributed by atoms with E-state index in [0.717, 1.165) is 38.8 Å². The normalized spacial score (nSPS) is 16.0. The number of carbonyl (C=O) groups excluding carboxylic acids is 1. The van der Waals surface area contributed by atoms with Crippen LogP contribution in [-0.2, 0) is 0 Å². The van der Waals surface area contributed by atoms with Gasteiger partial charge in [0, 0.05) is 18.8 Å². The Morgan fingerprint density at radius 2 is 1.71 bits per heavy atom. The van der Waals surface area contributed by atoms with Crippen molar-refractivity contribution in [2.75, 3.05) is 18.4 Å². The van der Waals surface area contributed by atoms with E-state index in [1.807, 2.05) is 0 Å². The first-order chi connectivity index (χ1) is 10.1. The van der Waals surface area contributed by atoms with Crippen molar-refractivity contribution in [3.8, 4) is 0 Å². The molecule has 0 spiro atoms. The molecule has 1 saturated heterocycles. The third kappa shape index (κ3) is 4.36. The zero-order valence-corrected chi connectivity index (χ0v) is 12.5. The predicted octanol–water partition coefficient (Wildman–Crippen LogP) is 3.84. The van der Waals surface area contributed by atoms with Crippen molar-refractivity contribution in [1.82, 2.24) is 4.90 Å². The summed E-state index contributed by atoms with van der Waals surface area (Å²) in [6.07, 6.45) is 5.59. The lowest BCUT2D eigenvalue weighted by molar-refractivity contribution is 0.0697. The average molecular weight is 311 g/mol. The standard InChI is InChI=1S/C15H19ClN2O3/c16-13-10-11(6-7-12(13)14(19)20)17-15(21)18-8-4-2-1-3-5-9-18/h6-7,10H,1-5,8-9H2,(H,17,21)(H,19,20). The van der Waals surface area contributed by atoms with Crippen molar-refractivity contribution in [3.05, 3.63) is 28.8 Å². The number of hydrogen-bond donors (Lipinski definition) is 2. The second-order valence-corrected chi connectivity index (χ2v) is 5.59. The number of aromatic carboxylic acids is 1. The third-order valence-electron chi connectivity index (χ3n) is 3.59. The van der Waals surface area contributed by atoms with E-state index in [9.17, 15) is 9.59 Å². The summed E-state index contributed by atoms with van der Waals surface area (Å²) in [4.78, 5) is 24.9. The fraction of sp³-hybridized carbons (Fsp3) is 0.467. The molecule has 1 aromatic carbocycles. The van der Waals surface area contributed by atoms with Crippen LogP contribution in [0.1, 0.15) is 42.5 Å². The van der Waals surface area contributed by atoms with Gasteiger partial charge < -0.3 is 15.3 Å². The fourth-order valence-electron chi connectivity index (χ4n) is 2.42. The molecule has 0 bridgehead atoms. The largest absolute Gasteiger partial charge is 0.478 e. The highest BCUT2D eigenvalue weighted by atomic mass is 35.5. The van der Waals surface area contributed by atoms with Crippen LogP contribution >= 0.6 is 11.6 Å². The highest BCUT2D eigenvalue weighted by Crippen LogP contribution is 2.21. The molecule has 1 aromatic rings. The van der Waals surface area contributed by atoms with Crippen LogP contribution in [0.4, 0.5) is 10.5 Å². The van der Waals surface area contributed by atoms with Crippen LogP contribution in [0.2, 0.25) is 5.02 Å².